The normalized spacial score (nSPS) is 30.6. The predicted octanol–water partition coefficient (Wildman–Crippen LogP) is 2.87. The Morgan fingerprint density at radius 3 is 2.70 bits per heavy atom. The summed E-state index contributed by atoms with van der Waals surface area (Å²) < 4.78 is 5.42. The Hall–Kier alpha value is -0.870. The van der Waals surface area contributed by atoms with Gasteiger partial charge in [0.2, 0.25) is 0 Å². The van der Waals surface area contributed by atoms with Crippen molar-refractivity contribution >= 4 is 0 Å². The molecule has 4 nitrogen and oxygen atoms in total. The molecule has 2 unspecified atom stereocenters. The molecule has 2 bridgehead atoms. The average Bonchev–Trinajstić information content (AvgIpc) is 2.82. The van der Waals surface area contributed by atoms with Crippen molar-refractivity contribution in [3.05, 3.63) is 17.5 Å². The Labute approximate surface area is 121 Å². The Bertz CT molecular complexity index is 417. The number of fused-ring (bicyclic) bond motifs is 2. The fourth-order valence-electron chi connectivity index (χ4n) is 3.92. The van der Waals surface area contributed by atoms with Gasteiger partial charge in [0.05, 0.1) is 12.2 Å². The lowest BCUT2D eigenvalue weighted by molar-refractivity contribution is 0.0116. The fourth-order valence-corrected chi connectivity index (χ4v) is 3.92. The second-order valence-electron chi connectivity index (χ2n) is 6.47. The van der Waals surface area contributed by atoms with Gasteiger partial charge in [-0.05, 0) is 45.6 Å². The molecule has 0 aromatic carbocycles. The molecule has 0 saturated carbocycles. The molecule has 3 heterocycles. The van der Waals surface area contributed by atoms with Gasteiger partial charge in [0, 0.05) is 24.2 Å². The molecule has 20 heavy (non-hydrogen) atoms. The van der Waals surface area contributed by atoms with Crippen molar-refractivity contribution in [1.82, 2.24) is 15.4 Å². The number of nitrogens with zero attached hydrogens (tertiary/aromatic N) is 2. The number of aromatic nitrogens is 1. The molecule has 2 aliphatic rings. The number of nitrogens with one attached hydrogen (secondary N) is 1. The first-order valence-electron chi connectivity index (χ1n) is 8.17. The molecule has 0 aliphatic carbocycles. The zero-order valence-electron chi connectivity index (χ0n) is 12.8. The summed E-state index contributed by atoms with van der Waals surface area (Å²) in [5, 5.41) is 7.74. The zero-order valence-corrected chi connectivity index (χ0v) is 12.8. The number of hydrogen-bond donors (Lipinski definition) is 1. The molecule has 0 radical (unpaired) electrons. The van der Waals surface area contributed by atoms with Crippen LogP contribution in [0.15, 0.2) is 10.6 Å². The van der Waals surface area contributed by atoms with Gasteiger partial charge in [0.25, 0.3) is 0 Å². The smallest absolute Gasteiger partial charge is 0.150 e. The summed E-state index contributed by atoms with van der Waals surface area (Å²) in [5.41, 5.74) is 0.990. The van der Waals surface area contributed by atoms with Crippen LogP contribution in [0.5, 0.6) is 0 Å². The summed E-state index contributed by atoms with van der Waals surface area (Å²) >= 11 is 0. The first-order valence-corrected chi connectivity index (χ1v) is 8.17. The predicted molar refractivity (Wildman–Crippen MR) is 79.5 cm³/mol. The van der Waals surface area contributed by atoms with Crippen LogP contribution in [-0.2, 0) is 6.54 Å². The van der Waals surface area contributed by atoms with Gasteiger partial charge in [-0.3, -0.25) is 4.90 Å². The van der Waals surface area contributed by atoms with Crippen molar-refractivity contribution in [2.45, 2.75) is 77.0 Å². The maximum Gasteiger partial charge on any atom is 0.150 e. The summed E-state index contributed by atoms with van der Waals surface area (Å²) in [6.07, 6.45) is 7.89. The molecule has 4 heteroatoms. The third-order valence-corrected chi connectivity index (χ3v) is 4.82. The Balaban J connectivity index is 1.64. The third-order valence-electron chi connectivity index (χ3n) is 4.82. The van der Waals surface area contributed by atoms with Crippen molar-refractivity contribution in [3.8, 4) is 0 Å². The van der Waals surface area contributed by atoms with E-state index in [0.717, 1.165) is 42.7 Å². The van der Waals surface area contributed by atoms with Gasteiger partial charge in [-0.25, -0.2) is 0 Å². The van der Waals surface area contributed by atoms with Gasteiger partial charge >= 0.3 is 0 Å². The summed E-state index contributed by atoms with van der Waals surface area (Å²) in [6, 6.07) is 4.25. The van der Waals surface area contributed by atoms with Crippen molar-refractivity contribution in [2.24, 2.45) is 0 Å². The van der Waals surface area contributed by atoms with Gasteiger partial charge < -0.3 is 9.84 Å². The minimum Gasteiger partial charge on any atom is -0.360 e. The molecule has 0 spiro atoms. The zero-order chi connectivity index (χ0) is 13.9. The molecule has 2 fully saturated rings. The van der Waals surface area contributed by atoms with Crippen LogP contribution in [0.2, 0.25) is 0 Å². The Morgan fingerprint density at radius 2 is 2.10 bits per heavy atom. The van der Waals surface area contributed by atoms with Crippen LogP contribution < -0.4 is 5.32 Å². The highest BCUT2D eigenvalue weighted by Gasteiger charge is 2.38. The van der Waals surface area contributed by atoms with E-state index in [0.29, 0.717) is 0 Å². The van der Waals surface area contributed by atoms with Gasteiger partial charge in [-0.1, -0.05) is 18.5 Å². The lowest BCUT2D eigenvalue weighted by Gasteiger charge is -2.48. The molecular formula is C16H27N3O. The van der Waals surface area contributed by atoms with E-state index in [9.17, 15) is 0 Å². The van der Waals surface area contributed by atoms with Gasteiger partial charge in [-0.15, -0.1) is 0 Å². The SMILES string of the molecule is CCCNC1CC2CCCC(C1)N2Cc1cc(C)no1. The summed E-state index contributed by atoms with van der Waals surface area (Å²) in [6.45, 7) is 6.34. The van der Waals surface area contributed by atoms with Crippen LogP contribution in [0.4, 0.5) is 0 Å². The average molecular weight is 277 g/mol. The standard InChI is InChI=1S/C16H27N3O/c1-3-7-17-13-9-14-5-4-6-15(10-13)19(14)11-16-8-12(2)18-20-16/h8,13-15,17H,3-7,9-11H2,1-2H3. The van der Waals surface area contributed by atoms with Crippen LogP contribution in [-0.4, -0.2) is 34.7 Å². The monoisotopic (exact) mass is 277 g/mol. The highest BCUT2D eigenvalue weighted by atomic mass is 16.5. The largest absolute Gasteiger partial charge is 0.360 e. The first-order chi connectivity index (χ1) is 9.76. The van der Waals surface area contributed by atoms with Crippen LogP contribution >= 0.6 is 0 Å². The third kappa shape index (κ3) is 3.07. The Morgan fingerprint density at radius 1 is 1.35 bits per heavy atom. The van der Waals surface area contributed by atoms with Crippen molar-refractivity contribution < 1.29 is 4.52 Å². The second kappa shape index (κ2) is 6.27. The van der Waals surface area contributed by atoms with Crippen LogP contribution in [0.3, 0.4) is 0 Å². The molecule has 112 valence electrons. The van der Waals surface area contributed by atoms with Gasteiger partial charge in [0.1, 0.15) is 0 Å². The Kier molecular flexibility index (Phi) is 4.41. The molecule has 3 rings (SSSR count). The number of piperidine rings is 2. The first kappa shape index (κ1) is 14.1. The van der Waals surface area contributed by atoms with E-state index in [1.54, 1.807) is 0 Å². The molecule has 1 aromatic heterocycles. The molecule has 1 N–H and O–H groups in total. The molecule has 2 saturated heterocycles. The van der Waals surface area contributed by atoms with E-state index in [1.807, 2.05) is 6.92 Å². The molecule has 2 aliphatic heterocycles. The maximum absolute atomic E-state index is 5.42. The second-order valence-corrected chi connectivity index (χ2v) is 6.47. The summed E-state index contributed by atoms with van der Waals surface area (Å²) in [7, 11) is 0. The number of hydrogen-bond acceptors (Lipinski definition) is 4. The van der Waals surface area contributed by atoms with Crippen LogP contribution in [0, 0.1) is 6.92 Å². The molecule has 0 amide bonds. The van der Waals surface area contributed by atoms with Crippen molar-refractivity contribution in [3.63, 3.8) is 0 Å². The van der Waals surface area contributed by atoms with Gasteiger partial charge in [0.15, 0.2) is 5.76 Å². The quantitative estimate of drug-likeness (QED) is 0.898. The van der Waals surface area contributed by atoms with Gasteiger partial charge in [-0.2, -0.15) is 0 Å². The summed E-state index contributed by atoms with van der Waals surface area (Å²) in [5.74, 6) is 1.03. The fraction of sp³-hybridized carbons (Fsp3) is 0.812. The van der Waals surface area contributed by atoms with Crippen LogP contribution in [0.25, 0.3) is 0 Å². The van der Waals surface area contributed by atoms with E-state index in [-0.39, 0.29) is 0 Å². The van der Waals surface area contributed by atoms with E-state index in [2.05, 4.69) is 28.4 Å². The minimum atomic E-state index is 0.720. The highest BCUT2D eigenvalue weighted by Crippen LogP contribution is 2.35. The number of aryl methyl sites for hydroxylation is 1. The number of rotatable bonds is 5. The molecular weight excluding hydrogens is 250 g/mol. The van der Waals surface area contributed by atoms with E-state index in [4.69, 9.17) is 4.52 Å². The molecule has 1 aromatic rings. The topological polar surface area (TPSA) is 41.3 Å². The van der Waals surface area contributed by atoms with Crippen molar-refractivity contribution in [2.75, 3.05) is 6.54 Å². The summed E-state index contributed by atoms with van der Waals surface area (Å²) in [4.78, 5) is 2.67. The highest BCUT2D eigenvalue weighted by molar-refractivity contribution is 5.05. The van der Waals surface area contributed by atoms with Crippen molar-refractivity contribution in [1.29, 1.82) is 0 Å². The molecule has 2 atom stereocenters. The van der Waals surface area contributed by atoms with Crippen LogP contribution in [0.1, 0.15) is 56.9 Å². The van der Waals surface area contributed by atoms with E-state index in [1.165, 1.54) is 38.5 Å². The van der Waals surface area contributed by atoms with E-state index >= 15 is 0 Å². The minimum absolute atomic E-state index is 0.720. The maximum atomic E-state index is 5.42. The van der Waals surface area contributed by atoms with E-state index < -0.39 is 0 Å². The lowest BCUT2D eigenvalue weighted by atomic mass is 9.81. The lowest BCUT2D eigenvalue weighted by Crippen LogP contribution is -2.55.